The van der Waals surface area contributed by atoms with E-state index < -0.39 is 6.61 Å². The number of halogens is 3. The molecule has 0 aliphatic rings. The Balaban J connectivity index is 2.19. The molecule has 2 aromatic rings. The Morgan fingerprint density at radius 1 is 1.18 bits per heavy atom. The van der Waals surface area contributed by atoms with E-state index in [4.69, 9.17) is 4.74 Å². The SMILES string of the molecule is COc1cc(C(=O)Nc2cccc(Br)c2)ccc1OC(F)F. The van der Waals surface area contributed by atoms with Crippen molar-refractivity contribution in [2.45, 2.75) is 6.61 Å². The van der Waals surface area contributed by atoms with Crippen LogP contribution in [-0.4, -0.2) is 19.6 Å². The Morgan fingerprint density at radius 3 is 2.59 bits per heavy atom. The minimum atomic E-state index is -2.96. The van der Waals surface area contributed by atoms with Gasteiger partial charge in [0.05, 0.1) is 7.11 Å². The summed E-state index contributed by atoms with van der Waals surface area (Å²) < 4.78 is 34.6. The summed E-state index contributed by atoms with van der Waals surface area (Å²) in [7, 11) is 1.31. The molecule has 2 aromatic carbocycles. The summed E-state index contributed by atoms with van der Waals surface area (Å²) in [5.74, 6) is -0.460. The fourth-order valence-electron chi connectivity index (χ4n) is 1.77. The standard InChI is InChI=1S/C15H12BrF2NO3/c1-21-13-7-9(5-6-12(13)22-15(17)18)14(20)19-11-4-2-3-10(16)8-11/h2-8,15H,1H3,(H,19,20). The van der Waals surface area contributed by atoms with Gasteiger partial charge in [0.2, 0.25) is 0 Å². The first-order valence-electron chi connectivity index (χ1n) is 6.19. The van der Waals surface area contributed by atoms with Crippen LogP contribution in [0.25, 0.3) is 0 Å². The summed E-state index contributed by atoms with van der Waals surface area (Å²) in [6.45, 7) is -2.96. The van der Waals surface area contributed by atoms with E-state index in [0.29, 0.717) is 5.69 Å². The summed E-state index contributed by atoms with van der Waals surface area (Å²) in [5.41, 5.74) is 0.865. The van der Waals surface area contributed by atoms with Crippen molar-refractivity contribution in [3.8, 4) is 11.5 Å². The molecule has 1 N–H and O–H groups in total. The van der Waals surface area contributed by atoms with Crippen molar-refractivity contribution in [3.05, 3.63) is 52.5 Å². The number of amides is 1. The van der Waals surface area contributed by atoms with Crippen LogP contribution in [0, 0.1) is 0 Å². The van der Waals surface area contributed by atoms with E-state index in [9.17, 15) is 13.6 Å². The number of carbonyl (C=O) groups excluding carboxylic acids is 1. The average molecular weight is 372 g/mol. The number of ether oxygens (including phenoxy) is 2. The van der Waals surface area contributed by atoms with Gasteiger partial charge in [-0.15, -0.1) is 0 Å². The highest BCUT2D eigenvalue weighted by Gasteiger charge is 2.14. The van der Waals surface area contributed by atoms with Crippen LogP contribution in [0.1, 0.15) is 10.4 Å². The molecule has 0 aromatic heterocycles. The van der Waals surface area contributed by atoms with Crippen molar-refractivity contribution >= 4 is 27.5 Å². The maximum atomic E-state index is 12.3. The van der Waals surface area contributed by atoms with Crippen molar-refractivity contribution in [1.29, 1.82) is 0 Å². The summed E-state index contributed by atoms with van der Waals surface area (Å²) >= 11 is 3.30. The lowest BCUT2D eigenvalue weighted by molar-refractivity contribution is -0.0512. The molecule has 0 saturated carbocycles. The minimum absolute atomic E-state index is 0.0576. The number of carbonyl (C=O) groups is 1. The quantitative estimate of drug-likeness (QED) is 0.851. The maximum Gasteiger partial charge on any atom is 0.387 e. The van der Waals surface area contributed by atoms with Crippen LogP contribution in [0.2, 0.25) is 0 Å². The third-order valence-electron chi connectivity index (χ3n) is 2.72. The largest absolute Gasteiger partial charge is 0.493 e. The van der Waals surface area contributed by atoms with Crippen molar-refractivity contribution in [2.75, 3.05) is 12.4 Å². The Labute approximate surface area is 134 Å². The van der Waals surface area contributed by atoms with E-state index in [2.05, 4.69) is 26.0 Å². The second-order valence-electron chi connectivity index (χ2n) is 4.21. The smallest absolute Gasteiger partial charge is 0.387 e. The van der Waals surface area contributed by atoms with Crippen LogP contribution in [0.5, 0.6) is 11.5 Å². The molecule has 0 aliphatic heterocycles. The molecule has 0 spiro atoms. The number of hydrogen-bond acceptors (Lipinski definition) is 3. The predicted octanol–water partition coefficient (Wildman–Crippen LogP) is 4.31. The Hall–Kier alpha value is -2.15. The lowest BCUT2D eigenvalue weighted by Crippen LogP contribution is -2.12. The van der Waals surface area contributed by atoms with E-state index in [0.717, 1.165) is 4.47 Å². The van der Waals surface area contributed by atoms with Gasteiger partial charge in [-0.2, -0.15) is 8.78 Å². The molecule has 4 nitrogen and oxygen atoms in total. The van der Waals surface area contributed by atoms with Gasteiger partial charge in [-0.05, 0) is 36.4 Å². The fraction of sp³-hybridized carbons (Fsp3) is 0.133. The molecule has 1 amide bonds. The summed E-state index contributed by atoms with van der Waals surface area (Å²) in [4.78, 5) is 12.2. The van der Waals surface area contributed by atoms with E-state index in [1.54, 1.807) is 18.2 Å². The number of rotatable bonds is 5. The number of hydrogen-bond donors (Lipinski definition) is 1. The molecule has 116 valence electrons. The van der Waals surface area contributed by atoms with Crippen LogP contribution in [0.15, 0.2) is 46.9 Å². The second-order valence-corrected chi connectivity index (χ2v) is 5.12. The summed E-state index contributed by atoms with van der Waals surface area (Å²) in [6, 6.07) is 11.1. The molecule has 0 radical (unpaired) electrons. The van der Waals surface area contributed by atoms with Gasteiger partial charge in [0, 0.05) is 15.7 Å². The number of benzene rings is 2. The van der Waals surface area contributed by atoms with Crippen molar-refractivity contribution in [2.24, 2.45) is 0 Å². The summed E-state index contributed by atoms with van der Waals surface area (Å²) in [5, 5.41) is 2.70. The zero-order valence-electron chi connectivity index (χ0n) is 11.5. The van der Waals surface area contributed by atoms with E-state index >= 15 is 0 Å². The summed E-state index contributed by atoms with van der Waals surface area (Å²) in [6.07, 6.45) is 0. The zero-order valence-corrected chi connectivity index (χ0v) is 13.1. The van der Waals surface area contributed by atoms with Gasteiger partial charge in [0.25, 0.3) is 5.91 Å². The lowest BCUT2D eigenvalue weighted by Gasteiger charge is -2.11. The molecule has 7 heteroatoms. The fourth-order valence-corrected chi connectivity index (χ4v) is 2.17. The van der Waals surface area contributed by atoms with Gasteiger partial charge in [-0.3, -0.25) is 4.79 Å². The molecule has 0 unspecified atom stereocenters. The number of nitrogens with one attached hydrogen (secondary N) is 1. The van der Waals surface area contributed by atoms with Crippen molar-refractivity contribution < 1.29 is 23.0 Å². The van der Waals surface area contributed by atoms with Crippen LogP contribution in [-0.2, 0) is 0 Å². The molecule has 0 fully saturated rings. The van der Waals surface area contributed by atoms with Gasteiger partial charge >= 0.3 is 6.61 Å². The predicted molar refractivity (Wildman–Crippen MR) is 81.7 cm³/mol. The molecule has 0 atom stereocenters. The highest BCUT2D eigenvalue weighted by molar-refractivity contribution is 9.10. The Kier molecular flexibility index (Phi) is 5.32. The van der Waals surface area contributed by atoms with Crippen LogP contribution < -0.4 is 14.8 Å². The Bertz CT molecular complexity index is 680. The molecule has 0 bridgehead atoms. The maximum absolute atomic E-state index is 12.3. The first-order chi connectivity index (χ1) is 10.5. The monoisotopic (exact) mass is 371 g/mol. The topological polar surface area (TPSA) is 47.6 Å². The third-order valence-corrected chi connectivity index (χ3v) is 3.22. The van der Waals surface area contributed by atoms with Crippen LogP contribution in [0.4, 0.5) is 14.5 Å². The number of anilines is 1. The van der Waals surface area contributed by atoms with Gasteiger partial charge in [0.1, 0.15) is 0 Å². The number of methoxy groups -OCH3 is 1. The highest BCUT2D eigenvalue weighted by Crippen LogP contribution is 2.29. The van der Waals surface area contributed by atoms with Gasteiger partial charge in [-0.25, -0.2) is 0 Å². The molecular formula is C15H12BrF2NO3. The third kappa shape index (κ3) is 4.17. The second kappa shape index (κ2) is 7.22. The molecule has 0 saturated heterocycles. The molecule has 0 heterocycles. The van der Waals surface area contributed by atoms with Crippen LogP contribution in [0.3, 0.4) is 0 Å². The van der Waals surface area contributed by atoms with Crippen molar-refractivity contribution in [1.82, 2.24) is 0 Å². The molecule has 2 rings (SSSR count). The Morgan fingerprint density at radius 2 is 1.95 bits per heavy atom. The van der Waals surface area contributed by atoms with Crippen molar-refractivity contribution in [3.63, 3.8) is 0 Å². The lowest BCUT2D eigenvalue weighted by atomic mass is 10.2. The highest BCUT2D eigenvalue weighted by atomic mass is 79.9. The van der Waals surface area contributed by atoms with E-state index in [1.165, 1.54) is 25.3 Å². The zero-order chi connectivity index (χ0) is 16.1. The van der Waals surface area contributed by atoms with E-state index in [1.807, 2.05) is 6.07 Å². The van der Waals surface area contributed by atoms with Gasteiger partial charge in [0.15, 0.2) is 11.5 Å². The van der Waals surface area contributed by atoms with Gasteiger partial charge in [-0.1, -0.05) is 22.0 Å². The van der Waals surface area contributed by atoms with Gasteiger partial charge < -0.3 is 14.8 Å². The first-order valence-corrected chi connectivity index (χ1v) is 6.98. The molecular weight excluding hydrogens is 360 g/mol. The first kappa shape index (κ1) is 16.2. The molecule has 22 heavy (non-hydrogen) atoms. The van der Waals surface area contributed by atoms with E-state index in [-0.39, 0.29) is 23.0 Å². The molecule has 0 aliphatic carbocycles. The average Bonchev–Trinajstić information content (AvgIpc) is 2.47. The number of alkyl halides is 2. The minimum Gasteiger partial charge on any atom is -0.493 e. The van der Waals surface area contributed by atoms with Crippen LogP contribution >= 0.6 is 15.9 Å². The normalized spacial score (nSPS) is 10.4.